The predicted molar refractivity (Wildman–Crippen MR) is 147 cm³/mol. The zero-order valence-corrected chi connectivity index (χ0v) is 22.4. The first-order chi connectivity index (χ1) is 19.4. The fourth-order valence-corrected chi connectivity index (χ4v) is 5.13. The number of carbonyl (C=O) groups is 1. The highest BCUT2D eigenvalue weighted by Crippen LogP contribution is 2.32. The molecule has 6 rings (SSSR count). The molecule has 1 amide bonds. The highest BCUT2D eigenvalue weighted by atomic mass is 35.5. The van der Waals surface area contributed by atoms with Gasteiger partial charge < -0.3 is 25.2 Å². The van der Waals surface area contributed by atoms with Crippen LogP contribution in [-0.2, 0) is 13.1 Å². The van der Waals surface area contributed by atoms with Gasteiger partial charge in [0.15, 0.2) is 17.3 Å². The Hall–Kier alpha value is -4.33. The Kier molecular flexibility index (Phi) is 6.70. The minimum absolute atomic E-state index is 0.0404. The summed E-state index contributed by atoms with van der Waals surface area (Å²) in [6.45, 7) is 3.14. The number of aryl methyl sites for hydroxylation is 1. The lowest BCUT2D eigenvalue weighted by Crippen LogP contribution is -2.30. The van der Waals surface area contributed by atoms with Gasteiger partial charge in [-0.2, -0.15) is 5.10 Å². The number of amides is 1. The summed E-state index contributed by atoms with van der Waals surface area (Å²) in [5, 5.41) is 39.2. The van der Waals surface area contributed by atoms with E-state index in [-0.39, 0.29) is 18.8 Å². The molecule has 2 atom stereocenters. The number of pyridine rings is 1. The molecule has 0 unspecified atom stereocenters. The van der Waals surface area contributed by atoms with E-state index in [1.165, 1.54) is 11.2 Å². The minimum Gasteiger partial charge on any atom is -0.495 e. The molecule has 1 saturated heterocycles. The summed E-state index contributed by atoms with van der Waals surface area (Å²) < 4.78 is 8.65. The van der Waals surface area contributed by atoms with Crippen molar-refractivity contribution >= 4 is 45.1 Å². The van der Waals surface area contributed by atoms with Gasteiger partial charge >= 0.3 is 0 Å². The summed E-state index contributed by atoms with van der Waals surface area (Å²) in [5.41, 5.74) is 1.79. The number of rotatable bonds is 7. The maximum absolute atomic E-state index is 12.9. The van der Waals surface area contributed by atoms with E-state index >= 15 is 0 Å². The third-order valence-electron chi connectivity index (χ3n) is 6.96. The lowest BCUT2D eigenvalue weighted by atomic mass is 10.1. The highest BCUT2D eigenvalue weighted by molar-refractivity contribution is 6.32. The second-order valence-electron chi connectivity index (χ2n) is 9.45. The molecule has 0 saturated carbocycles. The second-order valence-corrected chi connectivity index (χ2v) is 9.86. The number of halogens is 1. The molecular weight excluding hydrogens is 538 g/mol. The van der Waals surface area contributed by atoms with Crippen molar-refractivity contribution in [3.8, 4) is 11.6 Å². The van der Waals surface area contributed by atoms with E-state index in [1.807, 2.05) is 19.1 Å². The van der Waals surface area contributed by atoms with Gasteiger partial charge in [0.1, 0.15) is 17.8 Å². The van der Waals surface area contributed by atoms with Crippen LogP contribution in [0.25, 0.3) is 27.6 Å². The summed E-state index contributed by atoms with van der Waals surface area (Å²) in [6, 6.07) is 5.55. The number of β-amino-alcohol motifs (C(OH)–C–C–N with tert-alkyl or cyclic N) is 2. The molecule has 1 fully saturated rings. The van der Waals surface area contributed by atoms with Crippen LogP contribution in [0.1, 0.15) is 23.0 Å². The number of fused-ring (bicyclic) bond motifs is 3. The van der Waals surface area contributed by atoms with E-state index in [0.717, 1.165) is 16.3 Å². The number of nitrogens with zero attached hydrogens (tertiary/aromatic N) is 8. The molecule has 3 N–H and O–H groups in total. The Morgan fingerprint density at radius 3 is 2.67 bits per heavy atom. The summed E-state index contributed by atoms with van der Waals surface area (Å²) in [6.07, 6.45) is 4.53. The van der Waals surface area contributed by atoms with E-state index in [2.05, 4.69) is 30.6 Å². The molecule has 0 bridgehead atoms. The van der Waals surface area contributed by atoms with Crippen molar-refractivity contribution < 1.29 is 19.7 Å². The first-order valence-corrected chi connectivity index (χ1v) is 13.0. The van der Waals surface area contributed by atoms with E-state index in [1.54, 1.807) is 41.0 Å². The second kappa shape index (κ2) is 10.3. The maximum Gasteiger partial charge on any atom is 0.274 e. The van der Waals surface area contributed by atoms with Gasteiger partial charge in [0.25, 0.3) is 5.91 Å². The lowest BCUT2D eigenvalue weighted by molar-refractivity contribution is 0.0572. The van der Waals surface area contributed by atoms with Crippen LogP contribution in [0.15, 0.2) is 43.1 Å². The van der Waals surface area contributed by atoms with Crippen molar-refractivity contribution in [2.45, 2.75) is 32.2 Å². The van der Waals surface area contributed by atoms with Crippen LogP contribution < -0.4 is 10.1 Å². The number of likely N-dealkylation sites (tertiary alicyclic amines) is 1. The normalized spacial score (nSPS) is 17.2. The third-order valence-corrected chi connectivity index (χ3v) is 7.25. The number of nitrogens with one attached hydrogen (secondary N) is 1. The standard InChI is InChI=1S/C26H26ClN9O4/c1-3-36-24-16(9-31-36)22-15(8-29-24)25(33-32-23(22)28-7-14-4-5-21(40-2)17(27)6-14)35-10-18(30-13-35)26(39)34-11-19(37)20(38)12-34/h4-6,8-10,13,19-20,37-38H,3,7,11-12H2,1-2H3,(H,28,32)/t19-,20+. The fourth-order valence-electron chi connectivity index (χ4n) is 4.85. The number of carbonyl (C=O) groups excluding carboxylic acids is 1. The Balaban J connectivity index is 1.39. The highest BCUT2D eigenvalue weighted by Gasteiger charge is 2.34. The van der Waals surface area contributed by atoms with Crippen LogP contribution in [0.3, 0.4) is 0 Å². The number of benzene rings is 1. The third kappa shape index (κ3) is 4.47. The van der Waals surface area contributed by atoms with E-state index < -0.39 is 18.1 Å². The number of aliphatic hydroxyl groups excluding tert-OH is 2. The molecule has 4 aromatic heterocycles. The maximum atomic E-state index is 12.9. The van der Waals surface area contributed by atoms with Gasteiger partial charge in [-0.3, -0.25) is 9.36 Å². The van der Waals surface area contributed by atoms with Crippen LogP contribution in [0, 0.1) is 0 Å². The van der Waals surface area contributed by atoms with Crippen LogP contribution in [0.2, 0.25) is 5.02 Å². The molecule has 1 aliphatic heterocycles. The largest absolute Gasteiger partial charge is 0.495 e. The molecule has 5 heterocycles. The molecular formula is C26H26ClN9O4. The van der Waals surface area contributed by atoms with Gasteiger partial charge in [-0.15, -0.1) is 10.2 Å². The molecule has 1 aliphatic rings. The molecule has 0 aliphatic carbocycles. The number of aliphatic hydroxyl groups is 2. The lowest BCUT2D eigenvalue weighted by Gasteiger charge is -2.13. The predicted octanol–water partition coefficient (Wildman–Crippen LogP) is 2.03. The summed E-state index contributed by atoms with van der Waals surface area (Å²) in [5.74, 6) is 1.16. The zero-order valence-electron chi connectivity index (χ0n) is 21.7. The van der Waals surface area contributed by atoms with Gasteiger partial charge in [-0.25, -0.2) is 14.6 Å². The summed E-state index contributed by atoms with van der Waals surface area (Å²) in [7, 11) is 1.57. The van der Waals surface area contributed by atoms with Crippen molar-refractivity contribution in [1.82, 2.24) is 39.4 Å². The smallest absolute Gasteiger partial charge is 0.274 e. The van der Waals surface area contributed by atoms with Crippen LogP contribution >= 0.6 is 11.6 Å². The molecule has 40 heavy (non-hydrogen) atoms. The van der Waals surface area contributed by atoms with Gasteiger partial charge in [0.05, 0.1) is 35.9 Å². The molecule has 5 aromatic rings. The molecule has 14 heteroatoms. The number of hydrogen-bond donors (Lipinski definition) is 3. The number of anilines is 1. The van der Waals surface area contributed by atoms with Crippen molar-refractivity contribution in [2.75, 3.05) is 25.5 Å². The molecule has 1 aromatic carbocycles. The number of ether oxygens (including phenoxy) is 1. The topological polar surface area (TPSA) is 156 Å². The Morgan fingerprint density at radius 2 is 1.95 bits per heavy atom. The first-order valence-electron chi connectivity index (χ1n) is 12.6. The van der Waals surface area contributed by atoms with E-state index in [0.29, 0.717) is 46.5 Å². The molecule has 206 valence electrons. The monoisotopic (exact) mass is 563 g/mol. The number of aromatic nitrogens is 7. The molecule has 13 nitrogen and oxygen atoms in total. The number of hydrogen-bond acceptors (Lipinski definition) is 10. The van der Waals surface area contributed by atoms with Crippen LogP contribution in [0.4, 0.5) is 5.82 Å². The quantitative estimate of drug-likeness (QED) is 0.268. The van der Waals surface area contributed by atoms with Gasteiger partial charge in [-0.1, -0.05) is 17.7 Å². The number of methoxy groups -OCH3 is 1. The first kappa shape index (κ1) is 25.9. The van der Waals surface area contributed by atoms with Crippen molar-refractivity contribution in [2.24, 2.45) is 0 Å². The Morgan fingerprint density at radius 1 is 1.15 bits per heavy atom. The summed E-state index contributed by atoms with van der Waals surface area (Å²) >= 11 is 6.31. The van der Waals surface area contributed by atoms with Crippen molar-refractivity contribution in [3.05, 3.63) is 59.4 Å². The van der Waals surface area contributed by atoms with E-state index in [4.69, 9.17) is 16.3 Å². The molecule has 0 radical (unpaired) electrons. The van der Waals surface area contributed by atoms with E-state index in [9.17, 15) is 15.0 Å². The summed E-state index contributed by atoms with van der Waals surface area (Å²) in [4.78, 5) is 23.2. The zero-order chi connectivity index (χ0) is 28.0. The van der Waals surface area contributed by atoms with Crippen LogP contribution in [0.5, 0.6) is 5.75 Å². The van der Waals surface area contributed by atoms with Crippen molar-refractivity contribution in [3.63, 3.8) is 0 Å². The fraction of sp³-hybridized carbons (Fsp3) is 0.308. The Bertz CT molecular complexity index is 1730. The van der Waals surface area contributed by atoms with Gasteiger partial charge in [-0.05, 0) is 24.6 Å². The van der Waals surface area contributed by atoms with Crippen LogP contribution in [-0.4, -0.2) is 87.9 Å². The minimum atomic E-state index is -0.979. The number of imidazole rings is 1. The van der Waals surface area contributed by atoms with Crippen molar-refractivity contribution in [1.29, 1.82) is 0 Å². The SMILES string of the molecule is CCn1ncc2c3c(NCc4ccc(OC)c(Cl)c4)nnc(-n4cnc(C(=O)N5C[C@@H](O)[C@@H](O)C5)c4)c3cnc21. The van der Waals surface area contributed by atoms with Gasteiger partial charge in [0.2, 0.25) is 0 Å². The Labute approximate surface area is 233 Å². The van der Waals surface area contributed by atoms with Gasteiger partial charge in [0, 0.05) is 49.3 Å². The average molecular weight is 564 g/mol. The average Bonchev–Trinajstić information content (AvgIpc) is 3.70. The molecule has 0 spiro atoms.